The summed E-state index contributed by atoms with van der Waals surface area (Å²) in [7, 11) is 1.62. The molecule has 2 heterocycles. The molecule has 0 bridgehead atoms. The average molecular weight is 352 g/mol. The van der Waals surface area contributed by atoms with Crippen LogP contribution in [-0.2, 0) is 13.0 Å². The number of amides is 1. The van der Waals surface area contributed by atoms with Gasteiger partial charge in [-0.05, 0) is 35.4 Å². The van der Waals surface area contributed by atoms with Gasteiger partial charge in [0.05, 0.1) is 13.7 Å². The standard InChI is InChI=1S/C21H24N2O3/c1-25-19-4-2-3-18(14-19)21(24)23-10-8-22(9-11-23)15-16-5-6-20-17(13-16)7-12-26-20/h2-6,13-14H,7-12,15H2,1H3. The van der Waals surface area contributed by atoms with E-state index in [4.69, 9.17) is 9.47 Å². The quantitative estimate of drug-likeness (QED) is 0.848. The number of hydrogen-bond donors (Lipinski definition) is 0. The number of methoxy groups -OCH3 is 1. The molecule has 0 aromatic heterocycles. The number of nitrogens with zero attached hydrogens (tertiary/aromatic N) is 2. The van der Waals surface area contributed by atoms with Gasteiger partial charge in [0.1, 0.15) is 11.5 Å². The van der Waals surface area contributed by atoms with Crippen LogP contribution in [0.1, 0.15) is 21.5 Å². The van der Waals surface area contributed by atoms with Gasteiger partial charge < -0.3 is 14.4 Å². The SMILES string of the molecule is COc1cccc(C(=O)N2CCN(Cc3ccc4c(c3)CCO4)CC2)c1. The number of fused-ring (bicyclic) bond motifs is 1. The zero-order chi connectivity index (χ0) is 17.9. The van der Waals surface area contributed by atoms with Gasteiger partial charge in [0.2, 0.25) is 0 Å². The maximum Gasteiger partial charge on any atom is 0.254 e. The van der Waals surface area contributed by atoms with E-state index in [0.717, 1.165) is 57.3 Å². The van der Waals surface area contributed by atoms with Gasteiger partial charge in [0.25, 0.3) is 5.91 Å². The topological polar surface area (TPSA) is 42.0 Å². The van der Waals surface area contributed by atoms with Crippen molar-refractivity contribution < 1.29 is 14.3 Å². The van der Waals surface area contributed by atoms with Crippen LogP contribution in [0, 0.1) is 0 Å². The van der Waals surface area contributed by atoms with Gasteiger partial charge >= 0.3 is 0 Å². The summed E-state index contributed by atoms with van der Waals surface area (Å²) in [6.45, 7) is 5.01. The molecule has 1 fully saturated rings. The third kappa shape index (κ3) is 3.53. The molecule has 5 heteroatoms. The molecule has 2 aliphatic rings. The predicted octanol–water partition coefficient (Wildman–Crippen LogP) is 2.59. The predicted molar refractivity (Wildman–Crippen MR) is 99.8 cm³/mol. The first-order chi connectivity index (χ1) is 12.7. The molecule has 4 rings (SSSR count). The molecule has 136 valence electrons. The molecule has 0 saturated carbocycles. The number of rotatable bonds is 4. The highest BCUT2D eigenvalue weighted by molar-refractivity contribution is 5.94. The van der Waals surface area contributed by atoms with Crippen molar-refractivity contribution in [1.82, 2.24) is 9.80 Å². The fraction of sp³-hybridized carbons (Fsp3) is 0.381. The molecule has 0 N–H and O–H groups in total. The van der Waals surface area contributed by atoms with Crippen molar-refractivity contribution in [3.05, 3.63) is 59.2 Å². The molecule has 2 aliphatic heterocycles. The Labute approximate surface area is 154 Å². The molecule has 0 aliphatic carbocycles. The maximum atomic E-state index is 12.7. The normalized spacial score (nSPS) is 16.9. The van der Waals surface area contributed by atoms with Gasteiger partial charge in [0, 0.05) is 44.7 Å². The molecule has 0 radical (unpaired) electrons. The summed E-state index contributed by atoms with van der Waals surface area (Å²) in [5, 5.41) is 0. The Kier molecular flexibility index (Phi) is 4.80. The van der Waals surface area contributed by atoms with Gasteiger partial charge in [-0.3, -0.25) is 9.69 Å². The first-order valence-electron chi connectivity index (χ1n) is 9.13. The monoisotopic (exact) mass is 352 g/mol. The Bertz CT molecular complexity index is 798. The molecule has 1 amide bonds. The summed E-state index contributed by atoms with van der Waals surface area (Å²) in [6, 6.07) is 13.9. The summed E-state index contributed by atoms with van der Waals surface area (Å²) in [5.74, 6) is 1.83. The van der Waals surface area contributed by atoms with Crippen LogP contribution < -0.4 is 9.47 Å². The van der Waals surface area contributed by atoms with Crippen molar-refractivity contribution in [3.63, 3.8) is 0 Å². The summed E-state index contributed by atoms with van der Waals surface area (Å²) in [6.07, 6.45) is 1.01. The molecule has 0 spiro atoms. The number of ether oxygens (including phenoxy) is 2. The van der Waals surface area contributed by atoms with Crippen LogP contribution in [0.3, 0.4) is 0 Å². The van der Waals surface area contributed by atoms with E-state index >= 15 is 0 Å². The van der Waals surface area contributed by atoms with Gasteiger partial charge in [0.15, 0.2) is 0 Å². The van der Waals surface area contributed by atoms with Crippen LogP contribution in [0.25, 0.3) is 0 Å². The van der Waals surface area contributed by atoms with Crippen molar-refractivity contribution in [1.29, 1.82) is 0 Å². The van der Waals surface area contributed by atoms with Gasteiger partial charge in [-0.1, -0.05) is 18.2 Å². The maximum absolute atomic E-state index is 12.7. The fourth-order valence-corrected chi connectivity index (χ4v) is 3.64. The minimum Gasteiger partial charge on any atom is -0.497 e. The Morgan fingerprint density at radius 1 is 1.12 bits per heavy atom. The molecule has 0 atom stereocenters. The van der Waals surface area contributed by atoms with E-state index in [1.54, 1.807) is 13.2 Å². The minimum absolute atomic E-state index is 0.0817. The first kappa shape index (κ1) is 16.9. The molecule has 0 unspecified atom stereocenters. The molecule has 1 saturated heterocycles. The van der Waals surface area contributed by atoms with E-state index in [2.05, 4.69) is 23.1 Å². The Hall–Kier alpha value is -2.53. The second-order valence-electron chi connectivity index (χ2n) is 6.84. The van der Waals surface area contributed by atoms with Gasteiger partial charge in [-0.25, -0.2) is 0 Å². The molecular weight excluding hydrogens is 328 g/mol. The van der Waals surface area contributed by atoms with E-state index in [0.29, 0.717) is 5.56 Å². The van der Waals surface area contributed by atoms with Crippen molar-refractivity contribution in [3.8, 4) is 11.5 Å². The first-order valence-corrected chi connectivity index (χ1v) is 9.13. The smallest absolute Gasteiger partial charge is 0.254 e. The van der Waals surface area contributed by atoms with Crippen molar-refractivity contribution in [2.24, 2.45) is 0 Å². The lowest BCUT2D eigenvalue weighted by atomic mass is 10.1. The number of carbonyl (C=O) groups is 1. The highest BCUT2D eigenvalue weighted by atomic mass is 16.5. The summed E-state index contributed by atoms with van der Waals surface area (Å²) >= 11 is 0. The Balaban J connectivity index is 1.34. The van der Waals surface area contributed by atoms with E-state index in [9.17, 15) is 4.79 Å². The molecule has 2 aromatic carbocycles. The summed E-state index contributed by atoms with van der Waals surface area (Å²) in [5.41, 5.74) is 3.33. The van der Waals surface area contributed by atoms with Crippen LogP contribution >= 0.6 is 0 Å². The van der Waals surface area contributed by atoms with Crippen LogP contribution in [0.4, 0.5) is 0 Å². The van der Waals surface area contributed by atoms with Gasteiger partial charge in [-0.2, -0.15) is 0 Å². The lowest BCUT2D eigenvalue weighted by Gasteiger charge is -2.35. The molecule has 5 nitrogen and oxygen atoms in total. The summed E-state index contributed by atoms with van der Waals surface area (Å²) < 4.78 is 10.8. The molecular formula is C21H24N2O3. The van der Waals surface area contributed by atoms with Gasteiger partial charge in [-0.15, -0.1) is 0 Å². The van der Waals surface area contributed by atoms with E-state index in [1.165, 1.54) is 11.1 Å². The van der Waals surface area contributed by atoms with Crippen molar-refractivity contribution >= 4 is 5.91 Å². The number of hydrogen-bond acceptors (Lipinski definition) is 4. The number of benzene rings is 2. The average Bonchev–Trinajstić information content (AvgIpc) is 3.16. The fourth-order valence-electron chi connectivity index (χ4n) is 3.64. The highest BCUT2D eigenvalue weighted by Gasteiger charge is 2.23. The summed E-state index contributed by atoms with van der Waals surface area (Å²) in [4.78, 5) is 17.0. The second kappa shape index (κ2) is 7.38. The third-order valence-electron chi connectivity index (χ3n) is 5.14. The highest BCUT2D eigenvalue weighted by Crippen LogP contribution is 2.26. The van der Waals surface area contributed by atoms with Crippen LogP contribution in [-0.4, -0.2) is 55.6 Å². The number of carbonyl (C=O) groups excluding carboxylic acids is 1. The van der Waals surface area contributed by atoms with Crippen LogP contribution in [0.5, 0.6) is 11.5 Å². The lowest BCUT2D eigenvalue weighted by molar-refractivity contribution is 0.0628. The van der Waals surface area contributed by atoms with Crippen LogP contribution in [0.15, 0.2) is 42.5 Å². The van der Waals surface area contributed by atoms with Crippen LogP contribution in [0.2, 0.25) is 0 Å². The zero-order valence-corrected chi connectivity index (χ0v) is 15.1. The number of piperazine rings is 1. The van der Waals surface area contributed by atoms with E-state index in [1.807, 2.05) is 23.1 Å². The van der Waals surface area contributed by atoms with Crippen molar-refractivity contribution in [2.45, 2.75) is 13.0 Å². The minimum atomic E-state index is 0.0817. The molecule has 2 aromatic rings. The molecule has 26 heavy (non-hydrogen) atoms. The Morgan fingerprint density at radius 2 is 1.96 bits per heavy atom. The largest absolute Gasteiger partial charge is 0.497 e. The lowest BCUT2D eigenvalue weighted by Crippen LogP contribution is -2.48. The second-order valence-corrected chi connectivity index (χ2v) is 6.84. The van der Waals surface area contributed by atoms with E-state index < -0.39 is 0 Å². The zero-order valence-electron chi connectivity index (χ0n) is 15.1. The van der Waals surface area contributed by atoms with E-state index in [-0.39, 0.29) is 5.91 Å². The third-order valence-corrected chi connectivity index (χ3v) is 5.14. The Morgan fingerprint density at radius 3 is 2.77 bits per heavy atom. The van der Waals surface area contributed by atoms with Crippen molar-refractivity contribution in [2.75, 3.05) is 39.9 Å².